The molecule has 9 heteroatoms. The van der Waals surface area contributed by atoms with Crippen molar-refractivity contribution in [1.82, 2.24) is 9.78 Å². The van der Waals surface area contributed by atoms with Crippen LogP contribution in [0.5, 0.6) is 0 Å². The van der Waals surface area contributed by atoms with E-state index in [0.29, 0.717) is 5.69 Å². The average molecular weight is 342 g/mol. The quantitative estimate of drug-likeness (QED) is 0.872. The van der Waals surface area contributed by atoms with Crippen LogP contribution >= 0.6 is 0 Å². The van der Waals surface area contributed by atoms with Gasteiger partial charge in [-0.3, -0.25) is 4.79 Å². The van der Waals surface area contributed by atoms with Gasteiger partial charge in [0.2, 0.25) is 5.91 Å². The summed E-state index contributed by atoms with van der Waals surface area (Å²) in [6.45, 7) is 1.59. The number of alkyl halides is 3. The highest BCUT2D eigenvalue weighted by Crippen LogP contribution is 2.34. The van der Waals surface area contributed by atoms with Crippen LogP contribution in [0.4, 0.5) is 19.0 Å². The summed E-state index contributed by atoms with van der Waals surface area (Å²) >= 11 is 0. The highest BCUT2D eigenvalue weighted by Gasteiger charge is 2.34. The lowest BCUT2D eigenvalue weighted by molar-refractivity contribution is -0.137. The van der Waals surface area contributed by atoms with E-state index in [2.05, 4.69) is 10.4 Å². The van der Waals surface area contributed by atoms with Crippen molar-refractivity contribution in [1.29, 1.82) is 0 Å². The molecule has 1 heterocycles. The van der Waals surface area contributed by atoms with Crippen LogP contribution in [0, 0.1) is 6.92 Å². The van der Waals surface area contributed by atoms with Gasteiger partial charge in [0.1, 0.15) is 11.9 Å². The molecule has 1 aromatic carbocycles. The van der Waals surface area contributed by atoms with E-state index in [0.717, 1.165) is 10.7 Å². The van der Waals surface area contributed by atoms with Crippen LogP contribution in [-0.4, -0.2) is 35.4 Å². The molecule has 24 heavy (non-hydrogen) atoms. The van der Waals surface area contributed by atoms with Gasteiger partial charge in [-0.05, 0) is 19.1 Å². The summed E-state index contributed by atoms with van der Waals surface area (Å²) < 4.78 is 45.4. The van der Waals surface area contributed by atoms with E-state index in [1.165, 1.54) is 31.4 Å². The molecule has 1 unspecified atom stereocenters. The Labute approximate surface area is 136 Å². The molecule has 2 rings (SSSR count). The average Bonchev–Trinajstić information content (AvgIpc) is 2.87. The van der Waals surface area contributed by atoms with Gasteiger partial charge in [-0.25, -0.2) is 4.68 Å². The molecule has 0 fully saturated rings. The Bertz CT molecular complexity index is 728. The minimum atomic E-state index is -4.55. The molecule has 0 saturated carbocycles. The summed E-state index contributed by atoms with van der Waals surface area (Å²) in [6, 6.07) is 5.50. The third kappa shape index (κ3) is 3.92. The number of ether oxygens (including phenoxy) is 1. The lowest BCUT2D eigenvalue weighted by Gasteiger charge is -2.16. The molecule has 0 aliphatic rings. The first kappa shape index (κ1) is 18.0. The van der Waals surface area contributed by atoms with Gasteiger partial charge in [0, 0.05) is 13.2 Å². The number of para-hydroxylation sites is 1. The largest absolute Gasteiger partial charge is 0.418 e. The monoisotopic (exact) mass is 342 g/mol. The second-order valence-corrected chi connectivity index (χ2v) is 5.15. The molecule has 0 radical (unpaired) electrons. The van der Waals surface area contributed by atoms with Crippen molar-refractivity contribution in [2.75, 3.05) is 19.0 Å². The van der Waals surface area contributed by atoms with Crippen molar-refractivity contribution in [3.8, 4) is 5.69 Å². The fraction of sp³-hybridized carbons (Fsp3) is 0.333. The fourth-order valence-corrected chi connectivity index (χ4v) is 2.14. The molecule has 130 valence electrons. The number of nitrogens with two attached hydrogens (primary N) is 1. The predicted molar refractivity (Wildman–Crippen MR) is 81.8 cm³/mol. The summed E-state index contributed by atoms with van der Waals surface area (Å²) in [5.74, 6) is -0.483. The number of rotatable bonds is 5. The number of carbonyl (C=O) groups is 1. The minimum absolute atomic E-state index is 0.0158. The van der Waals surface area contributed by atoms with Crippen LogP contribution in [0.25, 0.3) is 5.69 Å². The second-order valence-electron chi connectivity index (χ2n) is 5.15. The molecule has 0 spiro atoms. The third-order valence-corrected chi connectivity index (χ3v) is 3.20. The first-order valence-corrected chi connectivity index (χ1v) is 7.02. The van der Waals surface area contributed by atoms with Crippen molar-refractivity contribution in [3.05, 3.63) is 41.6 Å². The van der Waals surface area contributed by atoms with Gasteiger partial charge in [0.15, 0.2) is 0 Å². The Hall–Kier alpha value is -2.39. The third-order valence-electron chi connectivity index (χ3n) is 3.20. The molecule has 1 atom stereocenters. The number of methoxy groups -OCH3 is 1. The molecular formula is C15H17F3N4O2. The first-order chi connectivity index (χ1) is 11.2. The summed E-state index contributed by atoms with van der Waals surface area (Å²) in [4.78, 5) is 12.0. The maximum Gasteiger partial charge on any atom is 0.418 e. The van der Waals surface area contributed by atoms with E-state index in [9.17, 15) is 18.0 Å². The van der Waals surface area contributed by atoms with Crippen LogP contribution in [-0.2, 0) is 15.7 Å². The highest BCUT2D eigenvalue weighted by molar-refractivity contribution is 5.94. The van der Waals surface area contributed by atoms with Gasteiger partial charge in [-0.1, -0.05) is 12.1 Å². The van der Waals surface area contributed by atoms with Gasteiger partial charge in [-0.2, -0.15) is 18.3 Å². The van der Waals surface area contributed by atoms with E-state index >= 15 is 0 Å². The van der Waals surface area contributed by atoms with Gasteiger partial charge in [0.05, 0.1) is 23.6 Å². The number of amides is 1. The maximum atomic E-state index is 13.2. The number of carbonyl (C=O) groups excluding carboxylic acids is 1. The van der Waals surface area contributed by atoms with Gasteiger partial charge in [0.25, 0.3) is 0 Å². The molecule has 0 bridgehead atoms. The molecular weight excluding hydrogens is 325 g/mol. The number of aromatic nitrogens is 2. The Balaban J connectivity index is 2.42. The molecule has 1 amide bonds. The molecule has 0 aliphatic carbocycles. The molecule has 6 nitrogen and oxygen atoms in total. The SMILES string of the molecule is COCC(N)C(=O)Nc1cc(C)nn1-c1ccccc1C(F)(F)F. The van der Waals surface area contributed by atoms with Crippen molar-refractivity contribution in [3.63, 3.8) is 0 Å². The second kappa shape index (κ2) is 7.02. The molecule has 0 aliphatic heterocycles. The number of hydrogen-bond donors (Lipinski definition) is 2. The van der Waals surface area contributed by atoms with Crippen LogP contribution in [0.1, 0.15) is 11.3 Å². The number of anilines is 1. The van der Waals surface area contributed by atoms with Crippen LogP contribution in [0.2, 0.25) is 0 Å². The molecule has 3 N–H and O–H groups in total. The van der Waals surface area contributed by atoms with E-state index in [1.54, 1.807) is 6.92 Å². The number of nitrogens with zero attached hydrogens (tertiary/aromatic N) is 2. The van der Waals surface area contributed by atoms with E-state index in [4.69, 9.17) is 10.5 Å². The normalized spacial score (nSPS) is 12.9. The molecule has 2 aromatic rings. The van der Waals surface area contributed by atoms with Crippen LogP contribution in [0.15, 0.2) is 30.3 Å². The Morgan fingerprint density at radius 1 is 1.42 bits per heavy atom. The lowest BCUT2D eigenvalue weighted by Crippen LogP contribution is -2.39. The predicted octanol–water partition coefficient (Wildman–Crippen LogP) is 2.11. The van der Waals surface area contributed by atoms with Gasteiger partial charge >= 0.3 is 6.18 Å². The van der Waals surface area contributed by atoms with E-state index in [-0.39, 0.29) is 18.1 Å². The topological polar surface area (TPSA) is 82.2 Å². The Kier molecular flexibility index (Phi) is 5.25. The zero-order valence-electron chi connectivity index (χ0n) is 13.1. The Morgan fingerprint density at radius 3 is 2.71 bits per heavy atom. The van der Waals surface area contributed by atoms with Crippen molar-refractivity contribution in [2.24, 2.45) is 5.73 Å². The van der Waals surface area contributed by atoms with E-state index < -0.39 is 23.7 Å². The smallest absolute Gasteiger partial charge is 0.383 e. The number of aryl methyl sites for hydroxylation is 1. The summed E-state index contributed by atoms with van der Waals surface area (Å²) in [5, 5.41) is 6.53. The van der Waals surface area contributed by atoms with E-state index in [1.807, 2.05) is 0 Å². The number of halogens is 3. The summed E-state index contributed by atoms with van der Waals surface area (Å²) in [6.07, 6.45) is -4.55. The number of hydrogen-bond acceptors (Lipinski definition) is 4. The first-order valence-electron chi connectivity index (χ1n) is 7.02. The van der Waals surface area contributed by atoms with Crippen molar-refractivity contribution >= 4 is 11.7 Å². The van der Waals surface area contributed by atoms with Crippen molar-refractivity contribution < 1.29 is 22.7 Å². The maximum absolute atomic E-state index is 13.2. The minimum Gasteiger partial charge on any atom is -0.383 e. The zero-order valence-corrected chi connectivity index (χ0v) is 13.1. The standard InChI is InChI=1S/C15H17F3N4O2/c1-9-7-13(20-14(23)11(19)8-24-2)22(21-9)12-6-4-3-5-10(12)15(16,17)18/h3-7,11H,8,19H2,1-2H3,(H,20,23). The Morgan fingerprint density at radius 2 is 2.08 bits per heavy atom. The van der Waals surface area contributed by atoms with Gasteiger partial charge < -0.3 is 15.8 Å². The van der Waals surface area contributed by atoms with Gasteiger partial charge in [-0.15, -0.1) is 0 Å². The van der Waals surface area contributed by atoms with Crippen LogP contribution in [0.3, 0.4) is 0 Å². The van der Waals surface area contributed by atoms with Crippen molar-refractivity contribution in [2.45, 2.75) is 19.1 Å². The molecule has 0 saturated heterocycles. The number of benzene rings is 1. The molecule has 1 aromatic heterocycles. The summed E-state index contributed by atoms with van der Waals surface area (Å²) in [5.41, 5.74) is 5.03. The summed E-state index contributed by atoms with van der Waals surface area (Å²) in [7, 11) is 1.39. The van der Waals surface area contributed by atoms with Crippen LogP contribution < -0.4 is 11.1 Å². The fourth-order valence-electron chi connectivity index (χ4n) is 2.14. The zero-order chi connectivity index (χ0) is 17.9. The lowest BCUT2D eigenvalue weighted by atomic mass is 10.1. The highest BCUT2D eigenvalue weighted by atomic mass is 19.4. The number of nitrogens with one attached hydrogen (secondary N) is 1.